The van der Waals surface area contributed by atoms with Gasteiger partial charge in [0.25, 0.3) is 0 Å². The van der Waals surface area contributed by atoms with Crippen molar-refractivity contribution in [3.8, 4) is 6.07 Å². The fourth-order valence-electron chi connectivity index (χ4n) is 6.04. The highest BCUT2D eigenvalue weighted by molar-refractivity contribution is 7.98. The van der Waals surface area contributed by atoms with Gasteiger partial charge >= 0.3 is 6.09 Å². The Balaban J connectivity index is 1.44. The number of ether oxygens (including phenoxy) is 1. The third-order valence-corrected chi connectivity index (χ3v) is 7.35. The fraction of sp³-hybridized carbons (Fsp3) is 0.727. The smallest absolute Gasteiger partial charge is 0.407 e. The second-order valence-corrected chi connectivity index (χ2v) is 11.0. The van der Waals surface area contributed by atoms with E-state index in [4.69, 9.17) is 4.74 Å². The van der Waals surface area contributed by atoms with Gasteiger partial charge in [0.1, 0.15) is 23.1 Å². The number of anilines is 1. The molecule has 0 radical (unpaired) electrons. The lowest BCUT2D eigenvalue weighted by molar-refractivity contribution is -0.0703. The molecule has 30 heavy (non-hydrogen) atoms. The number of rotatable bonds is 5. The number of nitriles is 1. The molecular formula is C22H31N5O2S. The van der Waals surface area contributed by atoms with Gasteiger partial charge in [0, 0.05) is 12.6 Å². The van der Waals surface area contributed by atoms with Crippen molar-refractivity contribution >= 4 is 23.7 Å². The molecule has 4 saturated carbocycles. The maximum Gasteiger partial charge on any atom is 0.407 e. The zero-order valence-electron chi connectivity index (χ0n) is 18.2. The second kappa shape index (κ2) is 7.92. The number of thioether (sulfide) groups is 1. The summed E-state index contributed by atoms with van der Waals surface area (Å²) in [6, 6.07) is 2.40. The zero-order chi connectivity index (χ0) is 21.5. The normalized spacial score (nSPS) is 31.8. The van der Waals surface area contributed by atoms with Gasteiger partial charge in [0.15, 0.2) is 5.16 Å². The average molecular weight is 430 g/mol. The van der Waals surface area contributed by atoms with Crippen molar-refractivity contribution in [3.63, 3.8) is 0 Å². The van der Waals surface area contributed by atoms with Gasteiger partial charge in [-0.25, -0.2) is 14.8 Å². The van der Waals surface area contributed by atoms with E-state index in [9.17, 15) is 10.1 Å². The summed E-state index contributed by atoms with van der Waals surface area (Å²) >= 11 is 1.47. The molecule has 0 aliphatic heterocycles. The summed E-state index contributed by atoms with van der Waals surface area (Å²) in [4.78, 5) is 21.1. The fourth-order valence-corrected chi connectivity index (χ4v) is 6.38. The topological polar surface area (TPSA) is 99.9 Å². The van der Waals surface area contributed by atoms with E-state index in [0.717, 1.165) is 25.3 Å². The molecule has 4 aliphatic carbocycles. The van der Waals surface area contributed by atoms with Gasteiger partial charge in [-0.15, -0.1) is 0 Å². The molecule has 4 bridgehead atoms. The molecule has 1 aromatic rings. The first-order valence-electron chi connectivity index (χ1n) is 10.7. The van der Waals surface area contributed by atoms with Crippen LogP contribution in [0.15, 0.2) is 11.4 Å². The highest BCUT2D eigenvalue weighted by atomic mass is 32.2. The van der Waals surface area contributed by atoms with Crippen LogP contribution in [0.25, 0.3) is 0 Å². The van der Waals surface area contributed by atoms with Crippen molar-refractivity contribution in [1.29, 1.82) is 5.26 Å². The number of amides is 1. The van der Waals surface area contributed by atoms with Gasteiger partial charge < -0.3 is 15.4 Å². The molecule has 162 valence electrons. The number of alkyl carbamates (subject to hydrolysis) is 1. The van der Waals surface area contributed by atoms with Crippen LogP contribution in [0.3, 0.4) is 0 Å². The van der Waals surface area contributed by atoms with Crippen LogP contribution in [0.4, 0.5) is 10.6 Å². The lowest BCUT2D eigenvalue weighted by atomic mass is 9.48. The van der Waals surface area contributed by atoms with Crippen LogP contribution in [0.2, 0.25) is 0 Å². The summed E-state index contributed by atoms with van der Waals surface area (Å²) in [5.41, 5.74) is 0.217. The van der Waals surface area contributed by atoms with Crippen LogP contribution in [0.5, 0.6) is 0 Å². The molecule has 1 aromatic heterocycles. The Morgan fingerprint density at radius 1 is 1.33 bits per heavy atom. The Hall–Kier alpha value is -2.01. The molecule has 4 aliphatic rings. The number of aromatic nitrogens is 2. The highest BCUT2D eigenvalue weighted by Gasteiger charge is 2.55. The van der Waals surface area contributed by atoms with Crippen LogP contribution in [-0.4, -0.2) is 40.5 Å². The van der Waals surface area contributed by atoms with Gasteiger partial charge in [-0.05, 0) is 82.3 Å². The molecule has 1 amide bonds. The Morgan fingerprint density at radius 3 is 2.63 bits per heavy atom. The van der Waals surface area contributed by atoms with Crippen molar-refractivity contribution in [3.05, 3.63) is 11.8 Å². The molecule has 0 aromatic carbocycles. The lowest BCUT2D eigenvalue weighted by Gasteiger charge is -2.60. The van der Waals surface area contributed by atoms with Crippen LogP contribution in [0, 0.1) is 34.5 Å². The van der Waals surface area contributed by atoms with E-state index < -0.39 is 5.60 Å². The first-order chi connectivity index (χ1) is 14.2. The van der Waals surface area contributed by atoms with Gasteiger partial charge in [0.2, 0.25) is 0 Å². The van der Waals surface area contributed by atoms with Crippen molar-refractivity contribution in [2.24, 2.45) is 23.2 Å². The molecule has 5 atom stereocenters. The van der Waals surface area contributed by atoms with Gasteiger partial charge in [-0.3, -0.25) is 0 Å². The summed E-state index contributed by atoms with van der Waals surface area (Å²) < 4.78 is 5.51. The number of hydrogen-bond acceptors (Lipinski definition) is 7. The molecule has 0 saturated heterocycles. The van der Waals surface area contributed by atoms with Crippen LogP contribution in [-0.2, 0) is 4.74 Å². The Bertz CT molecular complexity index is 846. The molecule has 1 heterocycles. The first kappa shape index (κ1) is 21.2. The maximum atomic E-state index is 12.4. The van der Waals surface area contributed by atoms with E-state index >= 15 is 0 Å². The maximum absolute atomic E-state index is 12.4. The Labute approximate surface area is 182 Å². The summed E-state index contributed by atoms with van der Waals surface area (Å²) in [5.74, 6) is 2.35. The largest absolute Gasteiger partial charge is 0.444 e. The van der Waals surface area contributed by atoms with Crippen molar-refractivity contribution in [2.75, 3.05) is 18.1 Å². The van der Waals surface area contributed by atoms with Crippen LogP contribution >= 0.6 is 11.8 Å². The minimum Gasteiger partial charge on any atom is -0.444 e. The summed E-state index contributed by atoms with van der Waals surface area (Å²) in [7, 11) is 0. The average Bonchev–Trinajstić information content (AvgIpc) is 2.67. The molecule has 5 rings (SSSR count). The minimum absolute atomic E-state index is 0.208. The third-order valence-electron chi connectivity index (χ3n) is 6.78. The zero-order valence-corrected chi connectivity index (χ0v) is 19.0. The van der Waals surface area contributed by atoms with Gasteiger partial charge in [-0.2, -0.15) is 5.26 Å². The highest BCUT2D eigenvalue weighted by Crippen LogP contribution is 2.60. The van der Waals surface area contributed by atoms with E-state index in [1.165, 1.54) is 31.0 Å². The molecular weight excluding hydrogens is 398 g/mol. The van der Waals surface area contributed by atoms with E-state index in [2.05, 4.69) is 26.7 Å². The molecule has 0 spiro atoms. The number of nitrogens with one attached hydrogen (secondary N) is 2. The molecule has 2 N–H and O–H groups in total. The molecule has 7 nitrogen and oxygen atoms in total. The van der Waals surface area contributed by atoms with Crippen molar-refractivity contribution in [2.45, 2.75) is 69.7 Å². The minimum atomic E-state index is -0.479. The van der Waals surface area contributed by atoms with E-state index in [-0.39, 0.29) is 17.6 Å². The van der Waals surface area contributed by atoms with E-state index in [1.54, 1.807) is 6.20 Å². The summed E-state index contributed by atoms with van der Waals surface area (Å²) in [6.07, 6.45) is 9.01. The lowest BCUT2D eigenvalue weighted by Crippen LogP contribution is -2.60. The van der Waals surface area contributed by atoms with Gasteiger partial charge in [-0.1, -0.05) is 11.8 Å². The van der Waals surface area contributed by atoms with Crippen LogP contribution in [0.1, 0.15) is 58.4 Å². The quantitative estimate of drug-likeness (QED) is 0.534. The second-order valence-electron chi connectivity index (χ2n) is 10.2. The standard InChI is InChI=1S/C22H31N5O2S/c1-21(2,3)29-20(28)26-17-14-5-13-6-15(17)9-22(7-13,8-14)12-25-18-16(10-23)11-24-19(27-18)30-4/h11,13-15,17H,5-9,12H2,1-4H3,(H,26,28)(H,24,25,27)/t13?,14-,15+,17+,22-. The Kier molecular flexibility index (Phi) is 5.60. The third kappa shape index (κ3) is 4.36. The summed E-state index contributed by atoms with van der Waals surface area (Å²) in [5, 5.41) is 16.8. The molecule has 4 fully saturated rings. The molecule has 1 unspecified atom stereocenters. The van der Waals surface area contributed by atoms with E-state index in [0.29, 0.717) is 28.4 Å². The summed E-state index contributed by atoms with van der Waals surface area (Å²) in [6.45, 7) is 6.51. The monoisotopic (exact) mass is 429 g/mol. The van der Waals surface area contributed by atoms with Crippen molar-refractivity contribution < 1.29 is 9.53 Å². The van der Waals surface area contributed by atoms with Crippen molar-refractivity contribution in [1.82, 2.24) is 15.3 Å². The number of carbonyl (C=O) groups excluding carboxylic acids is 1. The number of carbonyl (C=O) groups is 1. The Morgan fingerprint density at radius 2 is 2.03 bits per heavy atom. The van der Waals surface area contributed by atoms with E-state index in [1.807, 2.05) is 27.0 Å². The SMILES string of the molecule is CSc1ncc(C#N)c(NC[C@]23CC4C[C@H](C2)[C@H](NC(=O)OC(C)(C)C)[C@@H](C4)C3)n1. The number of nitrogens with zero attached hydrogens (tertiary/aromatic N) is 3. The molecule has 8 heteroatoms. The number of hydrogen-bond donors (Lipinski definition) is 2. The first-order valence-corrected chi connectivity index (χ1v) is 12.0. The van der Waals surface area contributed by atoms with Crippen LogP contribution < -0.4 is 10.6 Å². The van der Waals surface area contributed by atoms with Gasteiger partial charge in [0.05, 0.1) is 6.20 Å². The predicted molar refractivity (Wildman–Crippen MR) is 116 cm³/mol. The predicted octanol–water partition coefficient (Wildman–Crippen LogP) is 4.20.